The van der Waals surface area contributed by atoms with Crippen LogP contribution in [0.4, 0.5) is 0 Å². The number of aliphatic imine (C=N–C) groups is 1. The lowest BCUT2D eigenvalue weighted by Crippen LogP contribution is -2.38. The quantitative estimate of drug-likeness (QED) is 0.258. The number of nitrogens with one attached hydrogen (secondary N) is 2. The molecule has 1 fully saturated rings. The summed E-state index contributed by atoms with van der Waals surface area (Å²) in [4.78, 5) is 7.25. The predicted molar refractivity (Wildman–Crippen MR) is 116 cm³/mol. The van der Waals surface area contributed by atoms with Gasteiger partial charge in [-0.25, -0.2) is 0 Å². The van der Waals surface area contributed by atoms with Crippen molar-refractivity contribution in [1.82, 2.24) is 15.5 Å². The topological polar surface area (TPSA) is 48.9 Å². The number of rotatable bonds is 9. The summed E-state index contributed by atoms with van der Waals surface area (Å²) in [7, 11) is 0. The third-order valence-corrected chi connectivity index (χ3v) is 4.29. The summed E-state index contributed by atoms with van der Waals surface area (Å²) in [6.07, 6.45) is 2.22. The van der Waals surface area contributed by atoms with Gasteiger partial charge >= 0.3 is 0 Å². The molecule has 0 saturated carbocycles. The van der Waals surface area contributed by atoms with E-state index in [0.717, 1.165) is 44.3 Å². The van der Waals surface area contributed by atoms with Crippen LogP contribution < -0.4 is 15.4 Å². The van der Waals surface area contributed by atoms with Gasteiger partial charge in [0.2, 0.25) is 0 Å². The van der Waals surface area contributed by atoms with Crippen molar-refractivity contribution in [3.05, 3.63) is 30.3 Å². The Bertz CT molecular complexity index is 484. The van der Waals surface area contributed by atoms with Crippen molar-refractivity contribution in [2.45, 2.75) is 26.7 Å². The highest BCUT2D eigenvalue weighted by Crippen LogP contribution is 2.15. The molecule has 1 aliphatic heterocycles. The van der Waals surface area contributed by atoms with E-state index < -0.39 is 0 Å². The molecule has 0 amide bonds. The second-order valence-electron chi connectivity index (χ2n) is 6.21. The molecule has 142 valence electrons. The number of hydrogen-bond donors (Lipinski definition) is 2. The maximum atomic E-state index is 5.71. The van der Waals surface area contributed by atoms with Crippen LogP contribution >= 0.6 is 24.0 Å². The second kappa shape index (κ2) is 13.2. The number of nitrogens with zero attached hydrogens (tertiary/aromatic N) is 2. The summed E-state index contributed by atoms with van der Waals surface area (Å²) < 4.78 is 5.71. The van der Waals surface area contributed by atoms with Crippen LogP contribution in [0.5, 0.6) is 5.75 Å². The monoisotopic (exact) mass is 460 g/mol. The SMILES string of the molecule is CCNC(=NCC1CCN(CC)C1)NCCCOc1ccccc1.I. The maximum absolute atomic E-state index is 5.71. The Balaban J connectivity index is 0.00000312. The molecule has 0 spiro atoms. The van der Waals surface area contributed by atoms with Crippen molar-refractivity contribution in [3.8, 4) is 5.75 Å². The second-order valence-corrected chi connectivity index (χ2v) is 6.21. The highest BCUT2D eigenvalue weighted by molar-refractivity contribution is 14.0. The standard InChI is InChI=1S/C19H32N4O.HI/c1-3-20-19(22-15-17-11-13-23(4-2)16-17)21-12-8-14-24-18-9-6-5-7-10-18;/h5-7,9-10,17H,3-4,8,11-16H2,1-2H3,(H2,20,21,22);1H. The van der Waals surface area contributed by atoms with Gasteiger partial charge in [-0.1, -0.05) is 25.1 Å². The first-order valence-electron chi connectivity index (χ1n) is 9.24. The molecule has 5 nitrogen and oxygen atoms in total. The molecular weight excluding hydrogens is 427 g/mol. The van der Waals surface area contributed by atoms with Crippen molar-refractivity contribution in [2.24, 2.45) is 10.9 Å². The molecule has 1 aromatic carbocycles. The fourth-order valence-electron chi connectivity index (χ4n) is 2.90. The summed E-state index contributed by atoms with van der Waals surface area (Å²) in [5.74, 6) is 2.55. The van der Waals surface area contributed by atoms with Crippen LogP contribution in [0.25, 0.3) is 0 Å². The predicted octanol–water partition coefficient (Wildman–Crippen LogP) is 2.97. The van der Waals surface area contributed by atoms with E-state index in [4.69, 9.17) is 9.73 Å². The van der Waals surface area contributed by atoms with E-state index in [-0.39, 0.29) is 24.0 Å². The van der Waals surface area contributed by atoms with Crippen molar-refractivity contribution in [1.29, 1.82) is 0 Å². The molecule has 1 heterocycles. The molecule has 0 bridgehead atoms. The molecule has 1 atom stereocenters. The minimum atomic E-state index is 0. The van der Waals surface area contributed by atoms with E-state index in [1.54, 1.807) is 0 Å². The molecule has 2 rings (SSSR count). The van der Waals surface area contributed by atoms with Gasteiger partial charge < -0.3 is 20.3 Å². The zero-order chi connectivity index (χ0) is 17.0. The minimum Gasteiger partial charge on any atom is -0.494 e. The van der Waals surface area contributed by atoms with Gasteiger partial charge in [0.25, 0.3) is 0 Å². The number of likely N-dealkylation sites (tertiary alicyclic amines) is 1. The average Bonchev–Trinajstić information content (AvgIpc) is 3.08. The van der Waals surface area contributed by atoms with Crippen molar-refractivity contribution >= 4 is 29.9 Å². The van der Waals surface area contributed by atoms with Gasteiger partial charge in [-0.15, -0.1) is 24.0 Å². The van der Waals surface area contributed by atoms with E-state index in [2.05, 4.69) is 29.4 Å². The Hall–Kier alpha value is -1.02. The lowest BCUT2D eigenvalue weighted by Gasteiger charge is -2.14. The molecule has 1 unspecified atom stereocenters. The Morgan fingerprint density at radius 1 is 1.24 bits per heavy atom. The van der Waals surface area contributed by atoms with E-state index in [0.29, 0.717) is 12.5 Å². The number of para-hydroxylation sites is 1. The van der Waals surface area contributed by atoms with Crippen LogP contribution in [-0.2, 0) is 0 Å². The molecule has 25 heavy (non-hydrogen) atoms. The Morgan fingerprint density at radius 2 is 2.04 bits per heavy atom. The zero-order valence-electron chi connectivity index (χ0n) is 15.5. The summed E-state index contributed by atoms with van der Waals surface area (Å²) in [6, 6.07) is 9.95. The van der Waals surface area contributed by atoms with Gasteiger partial charge in [-0.05, 0) is 50.9 Å². The third-order valence-electron chi connectivity index (χ3n) is 4.29. The van der Waals surface area contributed by atoms with Gasteiger partial charge in [0.05, 0.1) is 6.61 Å². The van der Waals surface area contributed by atoms with Gasteiger partial charge in [0.1, 0.15) is 5.75 Å². The van der Waals surface area contributed by atoms with Crippen LogP contribution in [-0.4, -0.2) is 56.7 Å². The highest BCUT2D eigenvalue weighted by atomic mass is 127. The average molecular weight is 460 g/mol. The fourth-order valence-corrected chi connectivity index (χ4v) is 2.90. The lowest BCUT2D eigenvalue weighted by atomic mass is 10.1. The van der Waals surface area contributed by atoms with E-state index >= 15 is 0 Å². The Kier molecular flexibility index (Phi) is 11.6. The largest absolute Gasteiger partial charge is 0.494 e. The Morgan fingerprint density at radius 3 is 2.72 bits per heavy atom. The number of ether oxygens (including phenoxy) is 1. The van der Waals surface area contributed by atoms with E-state index in [9.17, 15) is 0 Å². The fraction of sp³-hybridized carbons (Fsp3) is 0.632. The van der Waals surface area contributed by atoms with Crippen LogP contribution in [0, 0.1) is 5.92 Å². The number of halogens is 1. The maximum Gasteiger partial charge on any atom is 0.191 e. The molecule has 1 aromatic rings. The molecule has 2 N–H and O–H groups in total. The summed E-state index contributed by atoms with van der Waals surface area (Å²) in [5.41, 5.74) is 0. The summed E-state index contributed by atoms with van der Waals surface area (Å²) in [6.45, 7) is 11.3. The van der Waals surface area contributed by atoms with Gasteiger partial charge in [-0.3, -0.25) is 4.99 Å². The molecular formula is C19H33IN4O. The van der Waals surface area contributed by atoms with Crippen molar-refractivity contribution in [2.75, 3.05) is 45.9 Å². The molecule has 0 aliphatic carbocycles. The van der Waals surface area contributed by atoms with E-state index in [1.807, 2.05) is 30.3 Å². The summed E-state index contributed by atoms with van der Waals surface area (Å²) >= 11 is 0. The lowest BCUT2D eigenvalue weighted by molar-refractivity contribution is 0.311. The van der Waals surface area contributed by atoms with Crippen molar-refractivity contribution < 1.29 is 4.74 Å². The normalized spacial score (nSPS) is 17.8. The molecule has 0 radical (unpaired) electrons. The summed E-state index contributed by atoms with van der Waals surface area (Å²) in [5, 5.41) is 6.73. The number of hydrogen-bond acceptors (Lipinski definition) is 3. The number of guanidine groups is 1. The Labute approximate surface area is 169 Å². The minimum absolute atomic E-state index is 0. The van der Waals surface area contributed by atoms with Gasteiger partial charge in [0.15, 0.2) is 5.96 Å². The van der Waals surface area contributed by atoms with Crippen LogP contribution in [0.1, 0.15) is 26.7 Å². The van der Waals surface area contributed by atoms with Crippen molar-refractivity contribution in [3.63, 3.8) is 0 Å². The highest BCUT2D eigenvalue weighted by Gasteiger charge is 2.20. The smallest absolute Gasteiger partial charge is 0.191 e. The van der Waals surface area contributed by atoms with Gasteiger partial charge in [-0.2, -0.15) is 0 Å². The first-order valence-corrected chi connectivity index (χ1v) is 9.24. The van der Waals surface area contributed by atoms with Crippen LogP contribution in [0.3, 0.4) is 0 Å². The van der Waals surface area contributed by atoms with E-state index in [1.165, 1.54) is 19.5 Å². The molecule has 1 aliphatic rings. The van der Waals surface area contributed by atoms with Gasteiger partial charge in [0, 0.05) is 26.2 Å². The molecule has 1 saturated heterocycles. The number of benzene rings is 1. The third kappa shape index (κ3) is 8.76. The zero-order valence-corrected chi connectivity index (χ0v) is 17.9. The van der Waals surface area contributed by atoms with Crippen LogP contribution in [0.2, 0.25) is 0 Å². The molecule has 6 heteroatoms. The first kappa shape index (κ1) is 22.0. The first-order chi connectivity index (χ1) is 11.8. The van der Waals surface area contributed by atoms with Crippen LogP contribution in [0.15, 0.2) is 35.3 Å². The molecule has 0 aromatic heterocycles.